The fourth-order valence-electron chi connectivity index (χ4n) is 2.93. The summed E-state index contributed by atoms with van der Waals surface area (Å²) >= 11 is 0. The molecule has 0 bridgehead atoms. The van der Waals surface area contributed by atoms with Gasteiger partial charge in [-0.05, 0) is 5.56 Å². The number of piperazine rings is 1. The lowest BCUT2D eigenvalue weighted by Crippen LogP contribution is -2.50. The molecule has 0 radical (unpaired) electrons. The Bertz CT molecular complexity index is 741. The Morgan fingerprint density at radius 1 is 1.00 bits per heavy atom. The standard InChI is InChI=1S/C19H22N4O3/c24-18(14-20-19(25)17-6-8-23(26)9-7-17)22-12-10-21(11-13-22)15-16-4-2-1-3-5-16/h1-9H,10-15H2,(H,20,25). The number of rotatable bonds is 5. The Morgan fingerprint density at radius 3 is 2.31 bits per heavy atom. The number of carbonyl (C=O) groups excluding carboxylic acids is 2. The zero-order valence-electron chi connectivity index (χ0n) is 14.5. The van der Waals surface area contributed by atoms with Crippen molar-refractivity contribution in [3.8, 4) is 0 Å². The Balaban J connectivity index is 1.42. The first kappa shape index (κ1) is 17.9. The van der Waals surface area contributed by atoms with Gasteiger partial charge in [0, 0.05) is 44.9 Å². The number of nitrogens with one attached hydrogen (secondary N) is 1. The van der Waals surface area contributed by atoms with Crippen LogP contribution in [0, 0.1) is 5.21 Å². The van der Waals surface area contributed by atoms with Crippen molar-refractivity contribution in [2.45, 2.75) is 6.54 Å². The Morgan fingerprint density at radius 2 is 1.65 bits per heavy atom. The molecule has 1 saturated heterocycles. The molecule has 1 aromatic heterocycles. The summed E-state index contributed by atoms with van der Waals surface area (Å²) in [6.07, 6.45) is 2.51. The predicted octanol–water partition coefficient (Wildman–Crippen LogP) is 0.394. The maximum Gasteiger partial charge on any atom is 0.252 e. The Kier molecular flexibility index (Phi) is 5.80. The van der Waals surface area contributed by atoms with E-state index in [1.807, 2.05) is 18.2 Å². The third kappa shape index (κ3) is 4.80. The summed E-state index contributed by atoms with van der Waals surface area (Å²) < 4.78 is 0.608. The fraction of sp³-hybridized carbons (Fsp3) is 0.316. The second kappa shape index (κ2) is 8.44. The highest BCUT2D eigenvalue weighted by atomic mass is 16.5. The zero-order valence-corrected chi connectivity index (χ0v) is 14.5. The van der Waals surface area contributed by atoms with E-state index in [-0.39, 0.29) is 18.4 Å². The number of hydrogen-bond acceptors (Lipinski definition) is 4. The molecule has 0 atom stereocenters. The minimum atomic E-state index is -0.360. The molecule has 1 aliphatic heterocycles. The lowest BCUT2D eigenvalue weighted by molar-refractivity contribution is -0.605. The molecule has 1 N–H and O–H groups in total. The molecule has 3 rings (SSSR count). The van der Waals surface area contributed by atoms with Crippen molar-refractivity contribution in [3.63, 3.8) is 0 Å². The molecule has 0 saturated carbocycles. The summed E-state index contributed by atoms with van der Waals surface area (Å²) in [5, 5.41) is 13.6. The highest BCUT2D eigenvalue weighted by molar-refractivity contribution is 5.96. The summed E-state index contributed by atoms with van der Waals surface area (Å²) in [5.41, 5.74) is 1.62. The van der Waals surface area contributed by atoms with Crippen LogP contribution in [0.3, 0.4) is 0 Å². The Labute approximate surface area is 152 Å². The van der Waals surface area contributed by atoms with Crippen molar-refractivity contribution in [2.24, 2.45) is 0 Å². The van der Waals surface area contributed by atoms with Gasteiger partial charge in [-0.25, -0.2) is 0 Å². The second-order valence-corrected chi connectivity index (χ2v) is 6.27. The summed E-state index contributed by atoms with van der Waals surface area (Å²) in [7, 11) is 0. The van der Waals surface area contributed by atoms with E-state index >= 15 is 0 Å². The van der Waals surface area contributed by atoms with Crippen LogP contribution in [0.4, 0.5) is 0 Å². The van der Waals surface area contributed by atoms with Crippen LogP contribution in [0.2, 0.25) is 0 Å². The van der Waals surface area contributed by atoms with Crippen molar-refractivity contribution < 1.29 is 14.3 Å². The minimum Gasteiger partial charge on any atom is -0.619 e. The molecule has 26 heavy (non-hydrogen) atoms. The number of benzene rings is 1. The first-order chi connectivity index (χ1) is 12.6. The van der Waals surface area contributed by atoms with Gasteiger partial charge < -0.3 is 15.4 Å². The van der Waals surface area contributed by atoms with E-state index in [0.29, 0.717) is 23.4 Å². The molecule has 2 aromatic rings. The quantitative estimate of drug-likeness (QED) is 0.622. The minimum absolute atomic E-state index is 0.0379. The monoisotopic (exact) mass is 354 g/mol. The molecule has 1 aromatic carbocycles. The number of hydrogen-bond donors (Lipinski definition) is 1. The van der Waals surface area contributed by atoms with Crippen molar-refractivity contribution in [3.05, 3.63) is 71.2 Å². The third-order valence-electron chi connectivity index (χ3n) is 4.44. The molecular formula is C19H22N4O3. The molecule has 1 aliphatic rings. The highest BCUT2D eigenvalue weighted by Gasteiger charge is 2.21. The van der Waals surface area contributed by atoms with Crippen molar-refractivity contribution in [1.29, 1.82) is 0 Å². The molecule has 1 fully saturated rings. The van der Waals surface area contributed by atoms with E-state index in [2.05, 4.69) is 22.3 Å². The summed E-state index contributed by atoms with van der Waals surface area (Å²) in [5.74, 6) is -0.450. The van der Waals surface area contributed by atoms with Crippen LogP contribution < -0.4 is 10.0 Å². The van der Waals surface area contributed by atoms with Gasteiger partial charge in [-0.3, -0.25) is 14.5 Å². The number of carbonyl (C=O) groups is 2. The van der Waals surface area contributed by atoms with Gasteiger partial charge in [-0.15, -0.1) is 0 Å². The molecule has 0 unspecified atom stereocenters. The highest BCUT2D eigenvalue weighted by Crippen LogP contribution is 2.08. The SMILES string of the molecule is O=C(NCC(=O)N1CCN(Cc2ccccc2)CC1)c1cc[n+]([O-])cc1. The zero-order chi connectivity index (χ0) is 18.4. The number of nitrogens with zero attached hydrogens (tertiary/aromatic N) is 3. The third-order valence-corrected chi connectivity index (χ3v) is 4.44. The molecule has 0 spiro atoms. The van der Waals surface area contributed by atoms with Gasteiger partial charge in [0.05, 0.1) is 12.1 Å². The predicted molar refractivity (Wildman–Crippen MR) is 96.0 cm³/mol. The molecule has 2 amide bonds. The lowest BCUT2D eigenvalue weighted by Gasteiger charge is -2.34. The van der Waals surface area contributed by atoms with Crippen LogP contribution in [0.25, 0.3) is 0 Å². The topological polar surface area (TPSA) is 79.6 Å². The van der Waals surface area contributed by atoms with Crippen LogP contribution >= 0.6 is 0 Å². The smallest absolute Gasteiger partial charge is 0.252 e. The van der Waals surface area contributed by atoms with Gasteiger partial charge in [-0.1, -0.05) is 30.3 Å². The van der Waals surface area contributed by atoms with Gasteiger partial charge in [0.2, 0.25) is 5.91 Å². The molecular weight excluding hydrogens is 332 g/mol. The normalized spacial score (nSPS) is 14.8. The van der Waals surface area contributed by atoms with Gasteiger partial charge in [-0.2, -0.15) is 4.73 Å². The van der Waals surface area contributed by atoms with Crippen LogP contribution in [-0.4, -0.2) is 54.3 Å². The number of amides is 2. The van der Waals surface area contributed by atoms with Crippen LogP contribution in [0.1, 0.15) is 15.9 Å². The average Bonchev–Trinajstić information content (AvgIpc) is 2.68. The molecule has 7 heteroatoms. The van der Waals surface area contributed by atoms with E-state index in [0.717, 1.165) is 19.6 Å². The van der Waals surface area contributed by atoms with E-state index in [1.54, 1.807) is 4.90 Å². The van der Waals surface area contributed by atoms with Crippen LogP contribution in [0.5, 0.6) is 0 Å². The molecule has 2 heterocycles. The van der Waals surface area contributed by atoms with Gasteiger partial charge >= 0.3 is 0 Å². The van der Waals surface area contributed by atoms with E-state index in [1.165, 1.54) is 30.1 Å². The van der Waals surface area contributed by atoms with Crippen LogP contribution in [0.15, 0.2) is 54.9 Å². The van der Waals surface area contributed by atoms with Crippen molar-refractivity contribution in [2.75, 3.05) is 32.7 Å². The number of pyridine rings is 1. The van der Waals surface area contributed by atoms with E-state index in [9.17, 15) is 14.8 Å². The summed E-state index contributed by atoms with van der Waals surface area (Å²) in [6.45, 7) is 3.79. The number of aromatic nitrogens is 1. The molecule has 7 nitrogen and oxygen atoms in total. The van der Waals surface area contributed by atoms with E-state index in [4.69, 9.17) is 0 Å². The summed E-state index contributed by atoms with van der Waals surface area (Å²) in [4.78, 5) is 28.4. The van der Waals surface area contributed by atoms with Gasteiger partial charge in [0.15, 0.2) is 12.4 Å². The maximum atomic E-state index is 12.3. The lowest BCUT2D eigenvalue weighted by atomic mass is 10.2. The second-order valence-electron chi connectivity index (χ2n) is 6.27. The van der Waals surface area contributed by atoms with Crippen molar-refractivity contribution >= 4 is 11.8 Å². The Hall–Kier alpha value is -2.93. The van der Waals surface area contributed by atoms with Crippen molar-refractivity contribution in [1.82, 2.24) is 15.1 Å². The average molecular weight is 354 g/mol. The largest absolute Gasteiger partial charge is 0.619 e. The molecule has 0 aliphatic carbocycles. The van der Waals surface area contributed by atoms with Crippen LogP contribution in [-0.2, 0) is 11.3 Å². The maximum absolute atomic E-state index is 12.3. The fourth-order valence-corrected chi connectivity index (χ4v) is 2.93. The van der Waals surface area contributed by atoms with E-state index < -0.39 is 0 Å². The molecule has 136 valence electrons. The first-order valence-electron chi connectivity index (χ1n) is 8.63. The van der Waals surface area contributed by atoms with Gasteiger partial charge in [0.1, 0.15) is 0 Å². The summed E-state index contributed by atoms with van der Waals surface area (Å²) in [6, 6.07) is 13.1. The first-order valence-corrected chi connectivity index (χ1v) is 8.63. The van der Waals surface area contributed by atoms with Gasteiger partial charge in [0.25, 0.3) is 5.91 Å².